The molecule has 3 atom stereocenters. The van der Waals surface area contributed by atoms with Gasteiger partial charge in [0.2, 0.25) is 0 Å². The minimum Gasteiger partial charge on any atom is -0.394 e. The van der Waals surface area contributed by atoms with Gasteiger partial charge < -0.3 is 14.9 Å². The average Bonchev–Trinajstić information content (AvgIpc) is 3.60. The van der Waals surface area contributed by atoms with Crippen LogP contribution < -0.4 is 5.32 Å². The van der Waals surface area contributed by atoms with Crippen LogP contribution >= 0.6 is 0 Å². The van der Waals surface area contributed by atoms with Crippen LogP contribution in [0.4, 0.5) is 0 Å². The summed E-state index contributed by atoms with van der Waals surface area (Å²) in [6.45, 7) is 0.698. The van der Waals surface area contributed by atoms with Gasteiger partial charge in [-0.3, -0.25) is 5.32 Å². The predicted octanol–water partition coefficient (Wildman–Crippen LogP) is 4.82. The van der Waals surface area contributed by atoms with Gasteiger partial charge in [-0.15, -0.1) is 0 Å². The molecule has 4 aromatic rings. The predicted molar refractivity (Wildman–Crippen MR) is 149 cm³/mol. The standard InChI is InChI=1S/C32H37N3O3/c36-24-30-29(37)23-31(38-30)35-22-20-28(34-35)19-11-4-12-21-33-32(25-13-5-1-6-14-25,26-15-7-2-8-16-26)27-17-9-3-10-18-27/h1-3,5-10,13-18,20,22,29-31,33,36-37H,4,11-12,19,21,23-24H2/t29-,30+,31-/m0/s1. The second kappa shape index (κ2) is 12.5. The quantitative estimate of drug-likeness (QED) is 0.188. The largest absolute Gasteiger partial charge is 0.394 e. The molecule has 6 nitrogen and oxygen atoms in total. The number of ether oxygens (including phenoxy) is 1. The first kappa shape index (κ1) is 26.3. The van der Waals surface area contributed by atoms with Crippen LogP contribution in [-0.4, -0.2) is 45.4 Å². The van der Waals surface area contributed by atoms with Crippen molar-refractivity contribution in [2.24, 2.45) is 0 Å². The molecular weight excluding hydrogens is 474 g/mol. The number of rotatable bonds is 12. The fourth-order valence-corrected chi connectivity index (χ4v) is 5.47. The molecule has 198 valence electrons. The molecule has 0 aliphatic carbocycles. The van der Waals surface area contributed by atoms with Gasteiger partial charge in [-0.05, 0) is 48.6 Å². The number of hydrogen-bond acceptors (Lipinski definition) is 5. The SMILES string of the molecule is OC[C@H]1O[C@H](n2ccc(CCCCCNC(c3ccccc3)(c3ccccc3)c3ccccc3)n2)C[C@@H]1O. The number of aryl methyl sites for hydroxylation is 1. The minimum absolute atomic E-state index is 0.181. The third-order valence-electron chi connectivity index (χ3n) is 7.46. The zero-order chi connectivity index (χ0) is 26.2. The molecule has 2 heterocycles. The van der Waals surface area contributed by atoms with Gasteiger partial charge in [-0.25, -0.2) is 4.68 Å². The van der Waals surface area contributed by atoms with E-state index in [9.17, 15) is 10.2 Å². The molecule has 0 amide bonds. The van der Waals surface area contributed by atoms with Gasteiger partial charge in [0, 0.05) is 12.6 Å². The maximum Gasteiger partial charge on any atom is 0.153 e. The van der Waals surface area contributed by atoms with E-state index in [4.69, 9.17) is 4.74 Å². The van der Waals surface area contributed by atoms with E-state index in [1.165, 1.54) is 16.7 Å². The van der Waals surface area contributed by atoms with E-state index in [1.807, 2.05) is 12.3 Å². The van der Waals surface area contributed by atoms with Gasteiger partial charge in [0.25, 0.3) is 0 Å². The lowest BCUT2D eigenvalue weighted by Crippen LogP contribution is -2.45. The number of benzene rings is 3. The maximum absolute atomic E-state index is 9.99. The molecule has 0 radical (unpaired) electrons. The summed E-state index contributed by atoms with van der Waals surface area (Å²) in [4.78, 5) is 0. The molecule has 1 aromatic heterocycles. The molecule has 0 unspecified atom stereocenters. The van der Waals surface area contributed by atoms with Crippen LogP contribution in [0.25, 0.3) is 0 Å². The van der Waals surface area contributed by atoms with Crippen molar-refractivity contribution >= 4 is 0 Å². The summed E-state index contributed by atoms with van der Waals surface area (Å²) in [6.07, 6.45) is 4.92. The van der Waals surface area contributed by atoms with Crippen LogP contribution in [0.1, 0.15) is 54.3 Å². The molecule has 1 aliphatic rings. The highest BCUT2D eigenvalue weighted by molar-refractivity contribution is 5.49. The van der Waals surface area contributed by atoms with E-state index in [0.717, 1.165) is 37.9 Å². The monoisotopic (exact) mass is 511 g/mol. The first-order chi connectivity index (χ1) is 18.7. The Bertz CT molecular complexity index is 1150. The Morgan fingerprint density at radius 1 is 0.816 bits per heavy atom. The molecule has 3 aromatic carbocycles. The number of nitrogens with zero attached hydrogens (tertiary/aromatic N) is 2. The van der Waals surface area contributed by atoms with Gasteiger partial charge in [0.15, 0.2) is 6.23 Å². The lowest BCUT2D eigenvalue weighted by Gasteiger charge is -2.37. The van der Waals surface area contributed by atoms with Gasteiger partial charge in [-0.2, -0.15) is 5.10 Å². The smallest absolute Gasteiger partial charge is 0.153 e. The van der Waals surface area contributed by atoms with Crippen molar-refractivity contribution < 1.29 is 14.9 Å². The van der Waals surface area contributed by atoms with Gasteiger partial charge in [0.05, 0.1) is 23.9 Å². The number of nitrogens with one attached hydrogen (secondary N) is 1. The van der Waals surface area contributed by atoms with Crippen LogP contribution in [0.3, 0.4) is 0 Å². The van der Waals surface area contributed by atoms with Crippen LogP contribution in [0.5, 0.6) is 0 Å². The Labute approximate surface area is 224 Å². The van der Waals surface area contributed by atoms with E-state index in [1.54, 1.807) is 4.68 Å². The highest BCUT2D eigenvalue weighted by atomic mass is 16.5. The molecule has 0 bridgehead atoms. The number of aliphatic hydroxyl groups excluding tert-OH is 2. The second-order valence-electron chi connectivity index (χ2n) is 9.99. The molecular formula is C32H37N3O3. The number of aromatic nitrogens is 2. The fourth-order valence-electron chi connectivity index (χ4n) is 5.47. The third-order valence-corrected chi connectivity index (χ3v) is 7.46. The zero-order valence-electron chi connectivity index (χ0n) is 21.7. The van der Waals surface area contributed by atoms with Gasteiger partial charge in [0.1, 0.15) is 6.10 Å². The van der Waals surface area contributed by atoms with Crippen molar-refractivity contribution in [1.82, 2.24) is 15.1 Å². The van der Waals surface area contributed by atoms with Crippen LogP contribution in [0.15, 0.2) is 103 Å². The molecule has 6 heteroatoms. The van der Waals surface area contributed by atoms with Crippen LogP contribution in [0.2, 0.25) is 0 Å². The Morgan fingerprint density at radius 3 is 1.92 bits per heavy atom. The van der Waals surface area contributed by atoms with Crippen LogP contribution in [-0.2, 0) is 16.7 Å². The molecule has 0 saturated carbocycles. The Morgan fingerprint density at radius 2 is 1.39 bits per heavy atom. The van der Waals surface area contributed by atoms with Crippen molar-refractivity contribution in [3.63, 3.8) is 0 Å². The molecule has 0 spiro atoms. The summed E-state index contributed by atoms with van der Waals surface area (Å²) >= 11 is 0. The van der Waals surface area contributed by atoms with E-state index >= 15 is 0 Å². The van der Waals surface area contributed by atoms with Crippen molar-refractivity contribution in [2.45, 2.75) is 56.1 Å². The molecule has 1 saturated heterocycles. The van der Waals surface area contributed by atoms with Gasteiger partial charge in [-0.1, -0.05) is 97.4 Å². The number of aliphatic hydroxyl groups is 2. The Balaban J connectivity index is 1.21. The van der Waals surface area contributed by atoms with Crippen molar-refractivity contribution in [3.05, 3.63) is 126 Å². The van der Waals surface area contributed by atoms with E-state index < -0.39 is 17.7 Å². The normalized spacial score (nSPS) is 19.6. The summed E-state index contributed by atoms with van der Waals surface area (Å²) < 4.78 is 7.48. The number of hydrogen-bond donors (Lipinski definition) is 3. The van der Waals surface area contributed by atoms with E-state index in [0.29, 0.717) is 6.42 Å². The van der Waals surface area contributed by atoms with E-state index in [-0.39, 0.29) is 12.8 Å². The topological polar surface area (TPSA) is 79.5 Å². The molecule has 38 heavy (non-hydrogen) atoms. The summed E-state index contributed by atoms with van der Waals surface area (Å²) in [7, 11) is 0. The molecule has 1 fully saturated rings. The van der Waals surface area contributed by atoms with Crippen molar-refractivity contribution in [2.75, 3.05) is 13.2 Å². The summed E-state index contributed by atoms with van der Waals surface area (Å²) in [6, 6.07) is 34.1. The van der Waals surface area contributed by atoms with Crippen molar-refractivity contribution in [3.8, 4) is 0 Å². The lowest BCUT2D eigenvalue weighted by molar-refractivity contribution is -0.0485. The fraction of sp³-hybridized carbons (Fsp3) is 0.344. The first-order valence-electron chi connectivity index (χ1n) is 13.6. The van der Waals surface area contributed by atoms with Crippen molar-refractivity contribution in [1.29, 1.82) is 0 Å². The Hall–Kier alpha value is -3.29. The average molecular weight is 512 g/mol. The highest BCUT2D eigenvalue weighted by Gasteiger charge is 2.36. The zero-order valence-corrected chi connectivity index (χ0v) is 21.7. The number of unbranched alkanes of at least 4 members (excludes halogenated alkanes) is 2. The first-order valence-corrected chi connectivity index (χ1v) is 13.6. The summed E-state index contributed by atoms with van der Waals surface area (Å²) in [5, 5.41) is 27.9. The lowest BCUT2D eigenvalue weighted by atomic mass is 9.77. The molecule has 3 N–H and O–H groups in total. The highest BCUT2D eigenvalue weighted by Crippen LogP contribution is 2.36. The third kappa shape index (κ3) is 5.74. The Kier molecular flexibility index (Phi) is 8.66. The van der Waals surface area contributed by atoms with E-state index in [2.05, 4.69) is 101 Å². The summed E-state index contributed by atoms with van der Waals surface area (Å²) in [5.41, 5.74) is 4.28. The second-order valence-corrected chi connectivity index (χ2v) is 9.99. The van der Waals surface area contributed by atoms with Crippen LogP contribution in [0, 0.1) is 0 Å². The molecule has 5 rings (SSSR count). The van der Waals surface area contributed by atoms with Gasteiger partial charge >= 0.3 is 0 Å². The molecule has 1 aliphatic heterocycles. The maximum atomic E-state index is 9.99. The summed E-state index contributed by atoms with van der Waals surface area (Å²) in [5.74, 6) is 0. The minimum atomic E-state index is -0.653.